The van der Waals surface area contributed by atoms with Gasteiger partial charge in [0.2, 0.25) is 0 Å². The first-order valence-corrected chi connectivity index (χ1v) is 11.5. The molecule has 0 radical (unpaired) electrons. The Kier molecular flexibility index (Phi) is 6.82. The van der Waals surface area contributed by atoms with Crippen LogP contribution in [0.3, 0.4) is 0 Å². The topological polar surface area (TPSA) is 101 Å². The van der Waals surface area contributed by atoms with E-state index in [0.29, 0.717) is 23.6 Å². The molecule has 2 heterocycles. The lowest BCUT2D eigenvalue weighted by Crippen LogP contribution is -2.20. The van der Waals surface area contributed by atoms with Crippen molar-refractivity contribution in [2.45, 2.75) is 57.8 Å². The maximum atomic E-state index is 13.0. The molecule has 0 spiro atoms. The van der Waals surface area contributed by atoms with Crippen LogP contribution in [-0.4, -0.2) is 10.2 Å². The molecule has 2 aromatic heterocycles. The highest BCUT2D eigenvalue weighted by Gasteiger charge is 2.30. The van der Waals surface area contributed by atoms with Crippen LogP contribution in [0.4, 0.5) is 0 Å². The fourth-order valence-electron chi connectivity index (χ4n) is 4.47. The Morgan fingerprint density at radius 3 is 1.67 bits per heavy atom. The molecule has 0 unspecified atom stereocenters. The van der Waals surface area contributed by atoms with Gasteiger partial charge in [-0.3, -0.25) is 0 Å². The highest BCUT2D eigenvalue weighted by Crippen LogP contribution is 2.40. The van der Waals surface area contributed by atoms with Crippen LogP contribution in [0.25, 0.3) is 21.9 Å². The Labute approximate surface area is 191 Å². The van der Waals surface area contributed by atoms with Crippen molar-refractivity contribution in [1.29, 1.82) is 0 Å². The third-order valence-electron chi connectivity index (χ3n) is 6.18. The van der Waals surface area contributed by atoms with Gasteiger partial charge in [-0.25, -0.2) is 9.59 Å². The second-order valence-electron chi connectivity index (χ2n) is 8.40. The quantitative estimate of drug-likeness (QED) is 0.234. The average Bonchev–Trinajstić information content (AvgIpc) is 2.81. The van der Waals surface area contributed by atoms with Crippen molar-refractivity contribution in [3.05, 3.63) is 80.5 Å². The second kappa shape index (κ2) is 9.94. The second-order valence-corrected chi connectivity index (χ2v) is 8.40. The Balaban J connectivity index is 1.84. The number of para-hydroxylation sites is 2. The first-order valence-electron chi connectivity index (χ1n) is 11.5. The normalized spacial score (nSPS) is 11.6. The van der Waals surface area contributed by atoms with Crippen molar-refractivity contribution in [3.8, 4) is 11.5 Å². The molecule has 4 rings (SSSR count). The van der Waals surface area contributed by atoms with Gasteiger partial charge in [0.25, 0.3) is 0 Å². The zero-order valence-electron chi connectivity index (χ0n) is 18.7. The minimum Gasteiger partial charge on any atom is -0.507 e. The Hall–Kier alpha value is -3.54. The maximum Gasteiger partial charge on any atom is 0.343 e. The van der Waals surface area contributed by atoms with Crippen LogP contribution in [0.5, 0.6) is 11.5 Å². The number of rotatable bonds is 9. The summed E-state index contributed by atoms with van der Waals surface area (Å²) < 4.78 is 10.9. The highest BCUT2D eigenvalue weighted by atomic mass is 16.4. The van der Waals surface area contributed by atoms with E-state index in [1.807, 2.05) is 0 Å². The van der Waals surface area contributed by atoms with Crippen LogP contribution in [0, 0.1) is 0 Å². The van der Waals surface area contributed by atoms with Crippen LogP contribution in [-0.2, 0) is 0 Å². The zero-order valence-corrected chi connectivity index (χ0v) is 18.7. The third kappa shape index (κ3) is 4.51. The highest BCUT2D eigenvalue weighted by molar-refractivity contribution is 5.86. The molecule has 6 heteroatoms. The van der Waals surface area contributed by atoms with Crippen molar-refractivity contribution < 1.29 is 19.0 Å². The lowest BCUT2D eigenvalue weighted by molar-refractivity contribution is 0.426. The van der Waals surface area contributed by atoms with Crippen molar-refractivity contribution in [3.63, 3.8) is 0 Å². The van der Waals surface area contributed by atoms with Gasteiger partial charge in [0.1, 0.15) is 22.7 Å². The number of aromatic hydroxyl groups is 2. The molecule has 6 nitrogen and oxygen atoms in total. The van der Waals surface area contributed by atoms with Gasteiger partial charge < -0.3 is 19.0 Å². The van der Waals surface area contributed by atoms with E-state index in [4.69, 9.17) is 8.83 Å². The van der Waals surface area contributed by atoms with Gasteiger partial charge in [-0.15, -0.1) is 0 Å². The zero-order chi connectivity index (χ0) is 23.4. The van der Waals surface area contributed by atoms with Gasteiger partial charge in [0, 0.05) is 5.92 Å². The molecular formula is C27H28O6. The first-order chi connectivity index (χ1) is 16.0. The van der Waals surface area contributed by atoms with Crippen molar-refractivity contribution in [1.82, 2.24) is 0 Å². The van der Waals surface area contributed by atoms with Gasteiger partial charge in [0.05, 0.1) is 21.9 Å². The minimum absolute atomic E-state index is 0.0276. The molecular weight excluding hydrogens is 420 g/mol. The van der Waals surface area contributed by atoms with E-state index in [2.05, 4.69) is 6.92 Å². The monoisotopic (exact) mass is 448 g/mol. The Bertz CT molecular complexity index is 1280. The van der Waals surface area contributed by atoms with E-state index < -0.39 is 17.2 Å². The molecule has 0 aliphatic rings. The number of hydrogen-bond donors (Lipinski definition) is 2. The van der Waals surface area contributed by atoms with Crippen LogP contribution in [0.15, 0.2) is 67.0 Å². The summed E-state index contributed by atoms with van der Waals surface area (Å²) in [6.07, 6.45) is 6.47. The van der Waals surface area contributed by atoms with Crippen LogP contribution in [0.2, 0.25) is 0 Å². The van der Waals surface area contributed by atoms with Crippen LogP contribution in [0.1, 0.15) is 68.9 Å². The minimum atomic E-state index is -0.863. The molecule has 0 bridgehead atoms. The Morgan fingerprint density at radius 1 is 0.697 bits per heavy atom. The summed E-state index contributed by atoms with van der Waals surface area (Å²) in [6, 6.07) is 13.4. The van der Waals surface area contributed by atoms with Gasteiger partial charge in [0.15, 0.2) is 0 Å². The number of unbranched alkanes of at least 4 members (excludes halogenated alkanes) is 5. The molecule has 0 saturated heterocycles. The smallest absolute Gasteiger partial charge is 0.343 e. The summed E-state index contributed by atoms with van der Waals surface area (Å²) in [5, 5.41) is 22.9. The molecule has 0 amide bonds. The predicted molar refractivity (Wildman–Crippen MR) is 128 cm³/mol. The fourth-order valence-corrected chi connectivity index (χ4v) is 4.47. The fraction of sp³-hybridized carbons (Fsp3) is 0.333. The van der Waals surface area contributed by atoms with Crippen molar-refractivity contribution in [2.75, 3.05) is 0 Å². The van der Waals surface area contributed by atoms with E-state index in [1.54, 1.807) is 48.5 Å². The SMILES string of the molecule is CCCCCCCCC(c1c(O)c2ccccc2oc1=O)c1c(O)c2ccccc2oc1=O. The third-order valence-corrected chi connectivity index (χ3v) is 6.18. The molecule has 4 aromatic rings. The molecule has 0 aliphatic carbocycles. The first kappa shape index (κ1) is 22.6. The predicted octanol–water partition coefficient (Wildman–Crippen LogP) is 6.19. The molecule has 2 N–H and O–H groups in total. The van der Waals surface area contributed by atoms with Gasteiger partial charge in [-0.1, -0.05) is 69.7 Å². The summed E-state index contributed by atoms with van der Waals surface area (Å²) in [5.41, 5.74) is -0.989. The van der Waals surface area contributed by atoms with E-state index in [0.717, 1.165) is 32.1 Å². The molecule has 0 saturated carbocycles. The van der Waals surface area contributed by atoms with Gasteiger partial charge in [-0.05, 0) is 30.7 Å². The molecule has 0 atom stereocenters. The van der Waals surface area contributed by atoms with E-state index >= 15 is 0 Å². The largest absolute Gasteiger partial charge is 0.507 e. The van der Waals surface area contributed by atoms with Crippen molar-refractivity contribution >= 4 is 21.9 Å². The molecule has 0 fully saturated rings. The molecule has 2 aromatic carbocycles. The summed E-state index contributed by atoms with van der Waals surface area (Å²) in [6.45, 7) is 2.15. The summed E-state index contributed by atoms with van der Waals surface area (Å²) in [4.78, 5) is 26.0. The number of fused-ring (bicyclic) bond motifs is 2. The van der Waals surface area contributed by atoms with E-state index in [1.165, 1.54) is 0 Å². The van der Waals surface area contributed by atoms with Gasteiger partial charge in [-0.2, -0.15) is 0 Å². The molecule has 33 heavy (non-hydrogen) atoms. The number of hydrogen-bond acceptors (Lipinski definition) is 6. The summed E-state index contributed by atoms with van der Waals surface area (Å²) in [7, 11) is 0. The summed E-state index contributed by atoms with van der Waals surface area (Å²) in [5.74, 6) is -1.33. The standard InChI is InChI=1S/C27H28O6/c1-2-3-4-5-6-7-14-19(22-24(28)17-12-8-10-15-20(17)32-26(22)30)23-25(29)18-13-9-11-16-21(18)33-27(23)31/h8-13,15-16,19,28-29H,2-7,14H2,1H3. The van der Waals surface area contributed by atoms with Crippen molar-refractivity contribution in [2.24, 2.45) is 0 Å². The van der Waals surface area contributed by atoms with E-state index in [9.17, 15) is 19.8 Å². The lowest BCUT2D eigenvalue weighted by Gasteiger charge is -2.19. The average molecular weight is 449 g/mol. The molecule has 172 valence electrons. The molecule has 0 aliphatic heterocycles. The Morgan fingerprint density at radius 2 is 1.15 bits per heavy atom. The van der Waals surface area contributed by atoms with Gasteiger partial charge >= 0.3 is 11.3 Å². The van der Waals surface area contributed by atoms with Crippen LogP contribution < -0.4 is 11.3 Å². The number of benzene rings is 2. The van der Waals surface area contributed by atoms with E-state index in [-0.39, 0.29) is 33.8 Å². The summed E-state index contributed by atoms with van der Waals surface area (Å²) >= 11 is 0. The lowest BCUT2D eigenvalue weighted by atomic mass is 9.86. The maximum absolute atomic E-state index is 13.0. The van der Waals surface area contributed by atoms with Crippen LogP contribution >= 0.6 is 0 Å².